The molecule has 7 heteroatoms. The Morgan fingerprint density at radius 3 is 2.45 bits per heavy atom. The van der Waals surface area contributed by atoms with Gasteiger partial charge in [0.05, 0.1) is 17.5 Å². The first-order valence-electron chi connectivity index (χ1n) is 10.8. The Balaban J connectivity index is 1.45. The Morgan fingerprint density at radius 1 is 0.970 bits per heavy atom. The molecule has 0 radical (unpaired) electrons. The zero-order valence-corrected chi connectivity index (χ0v) is 19.1. The van der Waals surface area contributed by atoms with Gasteiger partial charge >= 0.3 is 0 Å². The fraction of sp³-hybridized carbons (Fsp3) is 0.192. The third-order valence-corrected chi connectivity index (χ3v) is 5.89. The molecule has 0 bridgehead atoms. The summed E-state index contributed by atoms with van der Waals surface area (Å²) in [5, 5.41) is 3.51. The summed E-state index contributed by atoms with van der Waals surface area (Å²) in [6.45, 7) is 0.574. The molecule has 0 aliphatic rings. The van der Waals surface area contributed by atoms with Crippen molar-refractivity contribution in [3.05, 3.63) is 95.3 Å². The van der Waals surface area contributed by atoms with E-state index in [2.05, 4.69) is 5.32 Å². The molecule has 0 aliphatic carbocycles. The van der Waals surface area contributed by atoms with E-state index < -0.39 is 0 Å². The van der Waals surface area contributed by atoms with Crippen LogP contribution in [0.25, 0.3) is 11.0 Å². The molecule has 0 unspecified atom stereocenters. The maximum Gasteiger partial charge on any atom is 0.246 e. The molecular weight excluding hydrogens is 436 g/mol. The highest BCUT2D eigenvalue weighted by atomic mass is 35.5. The Hall–Kier alpha value is -3.64. The molecule has 0 spiro atoms. The van der Waals surface area contributed by atoms with E-state index in [9.17, 15) is 9.59 Å². The third kappa shape index (κ3) is 5.41. The van der Waals surface area contributed by atoms with E-state index >= 15 is 0 Å². The summed E-state index contributed by atoms with van der Waals surface area (Å²) in [7, 11) is 1.77. The highest BCUT2D eigenvalue weighted by Gasteiger charge is 2.17. The summed E-state index contributed by atoms with van der Waals surface area (Å²) >= 11 is 6.15. The minimum atomic E-state index is -0.106. The number of anilines is 1. The summed E-state index contributed by atoms with van der Waals surface area (Å²) in [6, 6.07) is 24.6. The minimum Gasteiger partial charge on any atom is -0.355 e. The van der Waals surface area contributed by atoms with Gasteiger partial charge in [0, 0.05) is 30.7 Å². The molecule has 33 heavy (non-hydrogen) atoms. The smallest absolute Gasteiger partial charge is 0.246 e. The second-order valence-corrected chi connectivity index (χ2v) is 8.17. The zero-order chi connectivity index (χ0) is 23.2. The second-order valence-electron chi connectivity index (χ2n) is 7.76. The lowest BCUT2D eigenvalue weighted by Gasteiger charge is -2.19. The number of carbonyl (C=O) groups is 2. The molecule has 4 rings (SSSR count). The average molecular weight is 461 g/mol. The van der Waals surface area contributed by atoms with Crippen LogP contribution in [0.15, 0.2) is 78.9 Å². The van der Waals surface area contributed by atoms with Crippen LogP contribution in [0.2, 0.25) is 5.02 Å². The Labute approximate surface area is 197 Å². The van der Waals surface area contributed by atoms with Crippen LogP contribution >= 0.6 is 11.6 Å². The number of carbonyl (C=O) groups excluding carboxylic acids is 2. The van der Waals surface area contributed by atoms with E-state index in [4.69, 9.17) is 16.6 Å². The summed E-state index contributed by atoms with van der Waals surface area (Å²) in [5.41, 5.74) is 3.34. The molecule has 1 aromatic heterocycles. The van der Waals surface area contributed by atoms with E-state index in [1.54, 1.807) is 18.0 Å². The van der Waals surface area contributed by atoms with Gasteiger partial charge in [-0.2, -0.15) is 0 Å². The Bertz CT molecular complexity index is 1270. The lowest BCUT2D eigenvalue weighted by Crippen LogP contribution is -2.31. The van der Waals surface area contributed by atoms with Gasteiger partial charge in [0.2, 0.25) is 11.8 Å². The van der Waals surface area contributed by atoms with Crippen molar-refractivity contribution in [2.24, 2.45) is 0 Å². The van der Waals surface area contributed by atoms with Crippen molar-refractivity contribution < 1.29 is 9.59 Å². The zero-order valence-electron chi connectivity index (χ0n) is 18.4. The fourth-order valence-corrected chi connectivity index (χ4v) is 3.92. The molecule has 168 valence electrons. The van der Waals surface area contributed by atoms with E-state index in [1.165, 1.54) is 0 Å². The van der Waals surface area contributed by atoms with E-state index in [0.29, 0.717) is 18.0 Å². The normalized spacial score (nSPS) is 10.8. The molecule has 0 atom stereocenters. The topological polar surface area (TPSA) is 67.2 Å². The van der Waals surface area contributed by atoms with Crippen molar-refractivity contribution in [2.45, 2.75) is 19.4 Å². The van der Waals surface area contributed by atoms with Crippen molar-refractivity contribution in [1.82, 2.24) is 14.9 Å². The van der Waals surface area contributed by atoms with Gasteiger partial charge in [0.1, 0.15) is 12.4 Å². The van der Waals surface area contributed by atoms with Gasteiger partial charge in [-0.05, 0) is 35.9 Å². The number of amides is 2. The van der Waals surface area contributed by atoms with Gasteiger partial charge in [-0.1, -0.05) is 60.1 Å². The number of nitrogens with one attached hydrogen (secondary N) is 1. The molecule has 0 aliphatic heterocycles. The SMILES string of the molecule is CN(C(=O)Cn1c(CCNC(=O)Cc2ccccc2Cl)nc2ccccc21)c1ccccc1. The number of rotatable bonds is 8. The first-order chi connectivity index (χ1) is 16.0. The highest BCUT2D eigenvalue weighted by molar-refractivity contribution is 6.31. The first-order valence-corrected chi connectivity index (χ1v) is 11.2. The number of hydrogen-bond donors (Lipinski definition) is 1. The molecule has 4 aromatic rings. The lowest BCUT2D eigenvalue weighted by molar-refractivity contribution is -0.120. The predicted octanol–water partition coefficient (Wildman–Crippen LogP) is 4.25. The quantitative estimate of drug-likeness (QED) is 0.427. The van der Waals surface area contributed by atoms with E-state index in [1.807, 2.05) is 77.4 Å². The maximum atomic E-state index is 13.0. The monoisotopic (exact) mass is 460 g/mol. The van der Waals surface area contributed by atoms with Gasteiger partial charge in [-0.25, -0.2) is 4.98 Å². The van der Waals surface area contributed by atoms with Crippen molar-refractivity contribution >= 4 is 40.1 Å². The van der Waals surface area contributed by atoms with Crippen LogP contribution in [0.3, 0.4) is 0 Å². The van der Waals surface area contributed by atoms with Crippen molar-refractivity contribution in [1.29, 1.82) is 0 Å². The van der Waals surface area contributed by atoms with Gasteiger partial charge in [-0.3, -0.25) is 9.59 Å². The van der Waals surface area contributed by atoms with Crippen LogP contribution in [0.4, 0.5) is 5.69 Å². The summed E-state index contributed by atoms with van der Waals surface area (Å²) < 4.78 is 1.93. The van der Waals surface area contributed by atoms with Crippen LogP contribution in [0, 0.1) is 0 Å². The fourth-order valence-electron chi connectivity index (χ4n) is 3.72. The van der Waals surface area contributed by atoms with Crippen molar-refractivity contribution in [3.8, 4) is 0 Å². The van der Waals surface area contributed by atoms with Crippen molar-refractivity contribution in [2.75, 3.05) is 18.5 Å². The number of nitrogens with zero attached hydrogens (tertiary/aromatic N) is 3. The Kier molecular flexibility index (Phi) is 7.05. The largest absolute Gasteiger partial charge is 0.355 e. The van der Waals surface area contributed by atoms with Crippen LogP contribution < -0.4 is 10.2 Å². The first kappa shape index (κ1) is 22.6. The van der Waals surface area contributed by atoms with Gasteiger partial charge in [-0.15, -0.1) is 0 Å². The number of aromatic nitrogens is 2. The third-order valence-electron chi connectivity index (χ3n) is 5.52. The minimum absolute atomic E-state index is 0.0478. The highest BCUT2D eigenvalue weighted by Crippen LogP contribution is 2.19. The molecule has 2 amide bonds. The number of para-hydroxylation sites is 3. The molecule has 3 aromatic carbocycles. The molecular formula is C26H25ClN4O2. The molecule has 0 saturated carbocycles. The van der Waals surface area contributed by atoms with Gasteiger partial charge in [0.25, 0.3) is 0 Å². The predicted molar refractivity (Wildman–Crippen MR) is 131 cm³/mol. The average Bonchev–Trinajstić information content (AvgIpc) is 3.17. The second kappa shape index (κ2) is 10.3. The number of likely N-dealkylation sites (N-methyl/N-ethyl adjacent to an activating group) is 1. The number of imidazole rings is 1. The molecule has 0 saturated heterocycles. The number of hydrogen-bond acceptors (Lipinski definition) is 3. The van der Waals surface area contributed by atoms with Crippen LogP contribution in [0.5, 0.6) is 0 Å². The van der Waals surface area contributed by atoms with Crippen LogP contribution in [0.1, 0.15) is 11.4 Å². The maximum absolute atomic E-state index is 13.0. The van der Waals surface area contributed by atoms with Gasteiger partial charge < -0.3 is 14.8 Å². The molecule has 0 fully saturated rings. The number of halogens is 1. The van der Waals surface area contributed by atoms with E-state index in [0.717, 1.165) is 28.1 Å². The summed E-state index contributed by atoms with van der Waals surface area (Å²) in [5.74, 6) is 0.600. The lowest BCUT2D eigenvalue weighted by atomic mass is 10.1. The molecule has 6 nitrogen and oxygen atoms in total. The van der Waals surface area contributed by atoms with Crippen LogP contribution in [-0.4, -0.2) is 35.0 Å². The van der Waals surface area contributed by atoms with E-state index in [-0.39, 0.29) is 24.8 Å². The summed E-state index contributed by atoms with van der Waals surface area (Å²) in [4.78, 5) is 31.8. The number of benzene rings is 3. The standard InChI is InChI=1S/C26H25ClN4O2/c1-30(20-10-3-2-4-11-20)26(33)18-31-23-14-8-7-13-22(23)29-24(31)15-16-28-25(32)17-19-9-5-6-12-21(19)27/h2-14H,15-18H2,1H3,(H,28,32). The van der Waals surface area contributed by atoms with Crippen molar-refractivity contribution in [3.63, 3.8) is 0 Å². The Morgan fingerprint density at radius 2 is 1.67 bits per heavy atom. The van der Waals surface area contributed by atoms with Crippen LogP contribution in [-0.2, 0) is 29.0 Å². The summed E-state index contributed by atoms with van der Waals surface area (Å²) in [6.07, 6.45) is 0.724. The van der Waals surface area contributed by atoms with Gasteiger partial charge in [0.15, 0.2) is 0 Å². The molecule has 1 N–H and O–H groups in total. The number of fused-ring (bicyclic) bond motifs is 1. The molecule has 1 heterocycles.